The molecule has 3 aromatic rings. The largest absolute Gasteiger partial charge is 0.305 e. The normalized spacial score (nSPS) is 11.4. The van der Waals surface area contributed by atoms with Crippen molar-refractivity contribution in [1.82, 2.24) is 29.3 Å². The molecule has 0 atom stereocenters. The summed E-state index contributed by atoms with van der Waals surface area (Å²) in [5.41, 5.74) is 2.04. The minimum atomic E-state index is -0.502. The van der Waals surface area contributed by atoms with Crippen LogP contribution in [0.25, 0.3) is 0 Å². The molecule has 3 heterocycles. The summed E-state index contributed by atoms with van der Waals surface area (Å²) in [7, 11) is 1.66. The Morgan fingerprint density at radius 3 is 1.73 bits per heavy atom. The summed E-state index contributed by atoms with van der Waals surface area (Å²) in [6.45, 7) is 11.9. The van der Waals surface area contributed by atoms with Gasteiger partial charge < -0.3 is 10.6 Å². The first kappa shape index (κ1) is 21.3. The van der Waals surface area contributed by atoms with Crippen LogP contribution in [0.2, 0.25) is 0 Å². The Labute approximate surface area is 175 Å². The van der Waals surface area contributed by atoms with Gasteiger partial charge in [0.1, 0.15) is 0 Å². The number of amides is 2. The van der Waals surface area contributed by atoms with E-state index in [0.717, 1.165) is 11.4 Å². The van der Waals surface area contributed by atoms with Crippen molar-refractivity contribution in [1.29, 1.82) is 0 Å². The average molecular weight is 412 g/mol. The first-order valence-corrected chi connectivity index (χ1v) is 9.85. The molecule has 0 saturated heterocycles. The number of hydrogen-bond donors (Lipinski definition) is 2. The lowest BCUT2D eigenvalue weighted by atomic mass is 10.2. The van der Waals surface area contributed by atoms with Crippen LogP contribution in [-0.4, -0.2) is 41.2 Å². The van der Waals surface area contributed by atoms with Crippen molar-refractivity contribution in [2.75, 3.05) is 10.6 Å². The van der Waals surface area contributed by atoms with E-state index in [-0.39, 0.29) is 23.3 Å². The maximum Gasteiger partial charge on any atom is 0.278 e. The third-order valence-corrected chi connectivity index (χ3v) is 4.59. The lowest BCUT2D eigenvalue weighted by Crippen LogP contribution is -2.20. The maximum atomic E-state index is 12.8. The minimum Gasteiger partial charge on any atom is -0.305 e. The highest BCUT2D eigenvalue weighted by Crippen LogP contribution is 2.18. The van der Waals surface area contributed by atoms with Gasteiger partial charge in [-0.25, -0.2) is 0 Å². The lowest BCUT2D eigenvalue weighted by Gasteiger charge is -2.07. The second-order valence-corrected chi connectivity index (χ2v) is 7.89. The van der Waals surface area contributed by atoms with Gasteiger partial charge in [0, 0.05) is 48.8 Å². The predicted molar refractivity (Wildman–Crippen MR) is 114 cm³/mol. The molecule has 10 heteroatoms. The monoisotopic (exact) mass is 412 g/mol. The topological polar surface area (TPSA) is 112 Å². The zero-order chi connectivity index (χ0) is 22.2. The Morgan fingerprint density at radius 2 is 1.30 bits per heavy atom. The molecule has 0 aromatic carbocycles. The van der Waals surface area contributed by atoms with E-state index in [2.05, 4.69) is 25.9 Å². The van der Waals surface area contributed by atoms with Gasteiger partial charge in [0.25, 0.3) is 11.8 Å². The SMILES string of the molecule is Cc1cc(NC(=O)c2cn(C)nc2C(=O)Nc2cc(C)n(C(C)C)n2)nn1C(C)C. The van der Waals surface area contributed by atoms with Crippen LogP contribution < -0.4 is 10.6 Å². The molecule has 160 valence electrons. The first-order chi connectivity index (χ1) is 14.1. The predicted octanol–water partition coefficient (Wildman–Crippen LogP) is 3.10. The van der Waals surface area contributed by atoms with Gasteiger partial charge in [-0.1, -0.05) is 0 Å². The summed E-state index contributed by atoms with van der Waals surface area (Å²) in [6.07, 6.45) is 1.51. The van der Waals surface area contributed by atoms with E-state index in [0.29, 0.717) is 11.6 Å². The molecule has 0 bridgehead atoms. The number of nitrogens with one attached hydrogen (secondary N) is 2. The summed E-state index contributed by atoms with van der Waals surface area (Å²) in [4.78, 5) is 25.6. The van der Waals surface area contributed by atoms with E-state index in [1.54, 1.807) is 19.2 Å². The van der Waals surface area contributed by atoms with Crippen LogP contribution in [-0.2, 0) is 7.05 Å². The molecule has 2 N–H and O–H groups in total. The van der Waals surface area contributed by atoms with Gasteiger partial charge in [0.2, 0.25) is 0 Å². The number of hydrogen-bond acceptors (Lipinski definition) is 5. The third kappa shape index (κ3) is 4.27. The molecule has 0 aliphatic rings. The molecule has 0 aliphatic heterocycles. The van der Waals surface area contributed by atoms with Crippen molar-refractivity contribution in [2.45, 2.75) is 53.6 Å². The molecule has 3 aromatic heterocycles. The quantitative estimate of drug-likeness (QED) is 0.646. The standard InChI is InChI=1S/C20H28N8O2/c1-11(2)27-13(5)8-16(23-27)21-19(29)15-10-26(7)25-18(15)20(30)22-17-9-14(6)28(24-17)12(3)4/h8-12H,1-7H3,(H,21,23,29)(H,22,24,30). The van der Waals surface area contributed by atoms with Crippen molar-refractivity contribution in [3.8, 4) is 0 Å². The maximum absolute atomic E-state index is 12.8. The van der Waals surface area contributed by atoms with Gasteiger partial charge in [0.05, 0.1) is 5.56 Å². The Bertz CT molecular complexity index is 1000. The Balaban J connectivity index is 1.81. The molecule has 10 nitrogen and oxygen atoms in total. The van der Waals surface area contributed by atoms with E-state index < -0.39 is 11.8 Å². The molecular weight excluding hydrogens is 384 g/mol. The fourth-order valence-corrected chi connectivity index (χ4v) is 3.32. The fourth-order valence-electron chi connectivity index (χ4n) is 3.32. The number of carbonyl (C=O) groups is 2. The number of rotatable bonds is 6. The van der Waals surface area contributed by atoms with Crippen molar-refractivity contribution in [3.63, 3.8) is 0 Å². The number of aryl methyl sites for hydroxylation is 3. The zero-order valence-electron chi connectivity index (χ0n) is 18.4. The van der Waals surface area contributed by atoms with Gasteiger partial charge in [-0.05, 0) is 41.5 Å². The van der Waals surface area contributed by atoms with Gasteiger partial charge in [0.15, 0.2) is 17.3 Å². The Kier molecular flexibility index (Phi) is 5.77. The molecule has 3 rings (SSSR count). The first-order valence-electron chi connectivity index (χ1n) is 9.85. The van der Waals surface area contributed by atoms with Crippen molar-refractivity contribution in [2.24, 2.45) is 7.05 Å². The second-order valence-electron chi connectivity index (χ2n) is 7.89. The average Bonchev–Trinajstić information content (AvgIpc) is 3.31. The number of anilines is 2. The summed E-state index contributed by atoms with van der Waals surface area (Å²) < 4.78 is 5.06. The minimum absolute atomic E-state index is 0.0202. The highest BCUT2D eigenvalue weighted by molar-refractivity contribution is 6.13. The third-order valence-electron chi connectivity index (χ3n) is 4.59. The fraction of sp³-hybridized carbons (Fsp3) is 0.450. The Hall–Kier alpha value is -3.43. The van der Waals surface area contributed by atoms with Gasteiger partial charge >= 0.3 is 0 Å². The summed E-state index contributed by atoms with van der Waals surface area (Å²) >= 11 is 0. The van der Waals surface area contributed by atoms with Crippen molar-refractivity contribution >= 4 is 23.5 Å². The van der Waals surface area contributed by atoms with Gasteiger partial charge in [-0.2, -0.15) is 15.3 Å². The summed E-state index contributed by atoms with van der Waals surface area (Å²) in [6, 6.07) is 3.91. The molecule has 0 aliphatic carbocycles. The molecule has 0 saturated carbocycles. The second kappa shape index (κ2) is 8.13. The van der Waals surface area contributed by atoms with Crippen LogP contribution in [0, 0.1) is 13.8 Å². The van der Waals surface area contributed by atoms with Crippen molar-refractivity contribution < 1.29 is 9.59 Å². The number of carbonyl (C=O) groups excluding carboxylic acids is 2. The zero-order valence-corrected chi connectivity index (χ0v) is 18.4. The van der Waals surface area contributed by atoms with Crippen LogP contribution in [0.4, 0.5) is 11.6 Å². The van der Waals surface area contributed by atoms with E-state index in [4.69, 9.17) is 0 Å². The molecule has 0 unspecified atom stereocenters. The molecular formula is C20H28N8O2. The summed E-state index contributed by atoms with van der Waals surface area (Å²) in [5, 5.41) is 18.4. The van der Waals surface area contributed by atoms with Crippen LogP contribution in [0.1, 0.15) is 72.0 Å². The molecule has 0 fully saturated rings. The molecule has 2 amide bonds. The van der Waals surface area contributed by atoms with E-state index in [1.165, 1.54) is 10.9 Å². The lowest BCUT2D eigenvalue weighted by molar-refractivity contribution is 0.0987. The highest BCUT2D eigenvalue weighted by Gasteiger charge is 2.23. The summed E-state index contributed by atoms with van der Waals surface area (Å²) in [5.74, 6) is -0.120. The van der Waals surface area contributed by atoms with Crippen molar-refractivity contribution in [3.05, 3.63) is 41.0 Å². The smallest absolute Gasteiger partial charge is 0.278 e. The molecule has 30 heavy (non-hydrogen) atoms. The van der Waals surface area contributed by atoms with Gasteiger partial charge in [-0.3, -0.25) is 23.6 Å². The molecule has 0 spiro atoms. The number of aromatic nitrogens is 6. The van der Waals surface area contributed by atoms with Crippen LogP contribution in [0.3, 0.4) is 0 Å². The van der Waals surface area contributed by atoms with Gasteiger partial charge in [-0.15, -0.1) is 0 Å². The Morgan fingerprint density at radius 1 is 0.833 bits per heavy atom. The van der Waals surface area contributed by atoms with Crippen LogP contribution in [0.5, 0.6) is 0 Å². The highest BCUT2D eigenvalue weighted by atomic mass is 16.2. The number of nitrogens with zero attached hydrogens (tertiary/aromatic N) is 6. The van der Waals surface area contributed by atoms with E-state index >= 15 is 0 Å². The molecule has 0 radical (unpaired) electrons. The van der Waals surface area contributed by atoms with E-state index in [1.807, 2.05) is 50.9 Å². The van der Waals surface area contributed by atoms with E-state index in [9.17, 15) is 9.59 Å². The van der Waals surface area contributed by atoms with Crippen LogP contribution in [0.15, 0.2) is 18.3 Å². The van der Waals surface area contributed by atoms with Crippen LogP contribution >= 0.6 is 0 Å².